The minimum atomic E-state index is -3.42. The summed E-state index contributed by atoms with van der Waals surface area (Å²) < 4.78 is 24.9. The zero-order valence-electron chi connectivity index (χ0n) is 10.2. The molecule has 0 saturated heterocycles. The molecule has 0 saturated carbocycles. The van der Waals surface area contributed by atoms with Gasteiger partial charge in [0.05, 0.1) is 10.1 Å². The third kappa shape index (κ3) is 3.11. The average molecular weight is 315 g/mol. The van der Waals surface area contributed by atoms with Crippen LogP contribution in [0.2, 0.25) is 10.0 Å². The normalized spacial score (nSPS) is 13.2. The molecule has 0 aliphatic rings. The molecule has 2 aromatic rings. The van der Waals surface area contributed by atoms with Crippen molar-refractivity contribution in [3.05, 3.63) is 64.1 Å². The van der Waals surface area contributed by atoms with Crippen LogP contribution in [0.1, 0.15) is 17.7 Å². The number of rotatable bonds is 3. The predicted octanol–water partition coefficient (Wildman–Crippen LogP) is 4.53. The van der Waals surface area contributed by atoms with Gasteiger partial charge in [-0.25, -0.2) is 8.42 Å². The van der Waals surface area contributed by atoms with E-state index in [1.54, 1.807) is 43.3 Å². The van der Waals surface area contributed by atoms with Crippen LogP contribution in [0.15, 0.2) is 53.4 Å². The molecule has 0 aliphatic heterocycles. The van der Waals surface area contributed by atoms with Gasteiger partial charge in [0.1, 0.15) is 0 Å². The first-order valence-corrected chi connectivity index (χ1v) is 7.96. The van der Waals surface area contributed by atoms with Gasteiger partial charge in [0.2, 0.25) is 0 Å². The summed E-state index contributed by atoms with van der Waals surface area (Å²) >= 11 is 11.6. The van der Waals surface area contributed by atoms with E-state index in [-0.39, 0.29) is 4.90 Å². The second-order valence-corrected chi connectivity index (χ2v) is 7.33. The highest BCUT2D eigenvalue weighted by Gasteiger charge is 2.24. The average Bonchev–Trinajstić information content (AvgIpc) is 2.39. The predicted molar refractivity (Wildman–Crippen MR) is 78.5 cm³/mol. The Labute approximate surface area is 122 Å². The molecule has 0 amide bonds. The first-order chi connectivity index (χ1) is 8.91. The van der Waals surface area contributed by atoms with Crippen molar-refractivity contribution in [3.63, 3.8) is 0 Å². The number of hydrogen-bond donors (Lipinski definition) is 0. The molecule has 0 bridgehead atoms. The third-order valence-electron chi connectivity index (χ3n) is 2.95. The maximum atomic E-state index is 12.5. The van der Waals surface area contributed by atoms with Crippen molar-refractivity contribution in [2.75, 3.05) is 0 Å². The van der Waals surface area contributed by atoms with Crippen molar-refractivity contribution < 1.29 is 8.42 Å². The molecule has 2 nitrogen and oxygen atoms in total. The smallest absolute Gasteiger partial charge is 0.185 e. The molecular formula is C14H12Cl2O2S. The number of hydrogen-bond acceptors (Lipinski definition) is 2. The molecule has 0 aromatic heterocycles. The summed E-state index contributed by atoms with van der Waals surface area (Å²) in [5, 5.41) is 0.462. The summed E-state index contributed by atoms with van der Waals surface area (Å²) in [6.45, 7) is 1.66. The quantitative estimate of drug-likeness (QED) is 0.834. The Balaban J connectivity index is 2.39. The highest BCUT2D eigenvalue weighted by Crippen LogP contribution is 2.29. The van der Waals surface area contributed by atoms with E-state index in [1.807, 2.05) is 0 Å². The number of benzene rings is 2. The van der Waals surface area contributed by atoms with E-state index in [0.29, 0.717) is 15.6 Å². The van der Waals surface area contributed by atoms with Gasteiger partial charge in [-0.2, -0.15) is 0 Å². The first-order valence-electron chi connectivity index (χ1n) is 5.66. The molecule has 1 atom stereocenters. The summed E-state index contributed by atoms with van der Waals surface area (Å²) in [7, 11) is -3.42. The molecule has 0 spiro atoms. The van der Waals surface area contributed by atoms with E-state index in [1.165, 1.54) is 12.1 Å². The molecule has 0 radical (unpaired) electrons. The highest BCUT2D eigenvalue weighted by atomic mass is 35.5. The monoisotopic (exact) mass is 314 g/mol. The van der Waals surface area contributed by atoms with Crippen molar-refractivity contribution >= 4 is 33.0 Å². The van der Waals surface area contributed by atoms with Crippen LogP contribution < -0.4 is 0 Å². The number of halogens is 2. The molecule has 0 fully saturated rings. The Hall–Kier alpha value is -1.03. The lowest BCUT2D eigenvalue weighted by Gasteiger charge is -2.13. The maximum absolute atomic E-state index is 12.5. The fraction of sp³-hybridized carbons (Fsp3) is 0.143. The molecule has 0 heterocycles. The van der Waals surface area contributed by atoms with E-state index >= 15 is 0 Å². The van der Waals surface area contributed by atoms with Gasteiger partial charge in [0.15, 0.2) is 9.84 Å². The summed E-state index contributed by atoms with van der Waals surface area (Å²) in [6, 6.07) is 13.0. The van der Waals surface area contributed by atoms with Crippen molar-refractivity contribution in [1.29, 1.82) is 0 Å². The third-order valence-corrected chi connectivity index (χ3v) is 5.58. The fourth-order valence-corrected chi connectivity index (χ4v) is 3.43. The molecule has 2 rings (SSSR count). The Morgan fingerprint density at radius 1 is 0.842 bits per heavy atom. The second kappa shape index (κ2) is 5.53. The molecule has 1 unspecified atom stereocenters. The lowest BCUT2D eigenvalue weighted by molar-refractivity contribution is 0.586. The van der Waals surface area contributed by atoms with Gasteiger partial charge in [0, 0.05) is 10.0 Å². The van der Waals surface area contributed by atoms with Crippen LogP contribution in [-0.4, -0.2) is 8.42 Å². The summed E-state index contributed by atoms with van der Waals surface area (Å²) in [6.07, 6.45) is 0. The van der Waals surface area contributed by atoms with Crippen molar-refractivity contribution in [2.45, 2.75) is 17.1 Å². The van der Waals surface area contributed by atoms with Crippen molar-refractivity contribution in [1.82, 2.24) is 0 Å². The standard InChI is InChI=1S/C14H12Cl2O2S/c1-10(11-2-4-12(15)5-3-11)19(17,18)14-8-6-13(16)7-9-14/h2-10H,1H3. The Morgan fingerprint density at radius 2 is 1.26 bits per heavy atom. The molecule has 0 N–H and O–H groups in total. The van der Waals surface area contributed by atoms with Crippen LogP contribution in [-0.2, 0) is 9.84 Å². The first kappa shape index (κ1) is 14.4. The second-order valence-electron chi connectivity index (χ2n) is 4.19. The lowest BCUT2D eigenvalue weighted by atomic mass is 10.2. The van der Waals surface area contributed by atoms with Crippen LogP contribution in [0.4, 0.5) is 0 Å². The zero-order valence-corrected chi connectivity index (χ0v) is 12.5. The molecular weight excluding hydrogens is 303 g/mol. The van der Waals surface area contributed by atoms with Gasteiger partial charge >= 0.3 is 0 Å². The minimum absolute atomic E-state index is 0.263. The molecule has 0 aliphatic carbocycles. The molecule has 5 heteroatoms. The Morgan fingerprint density at radius 3 is 1.74 bits per heavy atom. The van der Waals surface area contributed by atoms with Gasteiger partial charge in [-0.05, 0) is 48.9 Å². The maximum Gasteiger partial charge on any atom is 0.185 e. The fourth-order valence-electron chi connectivity index (χ4n) is 1.74. The van der Waals surface area contributed by atoms with Gasteiger partial charge in [-0.3, -0.25) is 0 Å². The van der Waals surface area contributed by atoms with E-state index in [9.17, 15) is 8.42 Å². The number of sulfone groups is 1. The van der Waals surface area contributed by atoms with Gasteiger partial charge in [-0.15, -0.1) is 0 Å². The summed E-state index contributed by atoms with van der Waals surface area (Å²) in [4.78, 5) is 0.263. The van der Waals surface area contributed by atoms with Crippen LogP contribution in [0.3, 0.4) is 0 Å². The van der Waals surface area contributed by atoms with E-state index in [4.69, 9.17) is 23.2 Å². The van der Waals surface area contributed by atoms with E-state index in [2.05, 4.69) is 0 Å². The van der Waals surface area contributed by atoms with Crippen molar-refractivity contribution in [2.24, 2.45) is 0 Å². The molecule has 19 heavy (non-hydrogen) atoms. The Kier molecular flexibility index (Phi) is 4.19. The Bertz CT molecular complexity index is 662. The topological polar surface area (TPSA) is 34.1 Å². The van der Waals surface area contributed by atoms with E-state index in [0.717, 1.165) is 0 Å². The van der Waals surface area contributed by atoms with Crippen molar-refractivity contribution in [3.8, 4) is 0 Å². The highest BCUT2D eigenvalue weighted by molar-refractivity contribution is 7.91. The van der Waals surface area contributed by atoms with Crippen LogP contribution in [0.25, 0.3) is 0 Å². The zero-order chi connectivity index (χ0) is 14.0. The van der Waals surface area contributed by atoms with E-state index < -0.39 is 15.1 Å². The van der Waals surface area contributed by atoms with Gasteiger partial charge < -0.3 is 0 Å². The minimum Gasteiger partial charge on any atom is -0.223 e. The summed E-state index contributed by atoms with van der Waals surface area (Å²) in [5.41, 5.74) is 0.708. The summed E-state index contributed by atoms with van der Waals surface area (Å²) in [5.74, 6) is 0. The van der Waals surface area contributed by atoms with Crippen LogP contribution in [0.5, 0.6) is 0 Å². The van der Waals surface area contributed by atoms with Crippen LogP contribution in [0, 0.1) is 0 Å². The lowest BCUT2D eigenvalue weighted by Crippen LogP contribution is -2.10. The molecule has 100 valence electrons. The SMILES string of the molecule is CC(c1ccc(Cl)cc1)S(=O)(=O)c1ccc(Cl)cc1. The van der Waals surface area contributed by atoms with Gasteiger partial charge in [0.25, 0.3) is 0 Å². The largest absolute Gasteiger partial charge is 0.223 e. The van der Waals surface area contributed by atoms with Crippen LogP contribution >= 0.6 is 23.2 Å². The molecule has 2 aromatic carbocycles. The van der Waals surface area contributed by atoms with Gasteiger partial charge in [-0.1, -0.05) is 35.3 Å².